The van der Waals surface area contributed by atoms with Crippen molar-refractivity contribution in [2.45, 2.75) is 33.4 Å². The molecule has 1 aliphatic rings. The quantitative estimate of drug-likeness (QED) is 0.838. The molecule has 0 spiro atoms. The van der Waals surface area contributed by atoms with Gasteiger partial charge in [0.15, 0.2) is 5.82 Å². The van der Waals surface area contributed by atoms with Crippen molar-refractivity contribution in [3.8, 4) is 0 Å². The zero-order valence-electron chi connectivity index (χ0n) is 12.6. The third-order valence-corrected chi connectivity index (χ3v) is 4.52. The second-order valence-corrected chi connectivity index (χ2v) is 6.43. The Labute approximate surface area is 128 Å². The average molecular weight is 307 g/mol. The lowest BCUT2D eigenvalue weighted by Crippen LogP contribution is -2.45. The molecular weight excluding hydrogens is 286 g/mol. The van der Waals surface area contributed by atoms with E-state index in [1.807, 2.05) is 6.92 Å². The van der Waals surface area contributed by atoms with Crippen molar-refractivity contribution in [3.05, 3.63) is 27.8 Å². The molecule has 0 aromatic carbocycles. The molecule has 2 aromatic heterocycles. The van der Waals surface area contributed by atoms with Crippen LogP contribution in [0.3, 0.4) is 0 Å². The Morgan fingerprint density at radius 1 is 1.14 bits per heavy atom. The molecule has 3 rings (SSSR count). The fraction of sp³-hybridized carbons (Fsp3) is 0.643. The molecule has 1 saturated heterocycles. The molecule has 21 heavy (non-hydrogen) atoms. The van der Waals surface area contributed by atoms with Gasteiger partial charge in [-0.15, -0.1) is 11.3 Å². The van der Waals surface area contributed by atoms with E-state index in [0.29, 0.717) is 0 Å². The summed E-state index contributed by atoms with van der Waals surface area (Å²) in [5, 5.41) is 7.25. The molecule has 0 N–H and O–H groups in total. The number of aryl methyl sites for hydroxylation is 2. The molecule has 7 heteroatoms. The van der Waals surface area contributed by atoms with Gasteiger partial charge in [0.05, 0.1) is 17.2 Å². The van der Waals surface area contributed by atoms with Gasteiger partial charge in [-0.3, -0.25) is 9.80 Å². The van der Waals surface area contributed by atoms with Crippen LogP contribution in [0.15, 0.2) is 9.90 Å². The van der Waals surface area contributed by atoms with Crippen molar-refractivity contribution in [2.24, 2.45) is 0 Å². The van der Waals surface area contributed by atoms with E-state index in [1.54, 1.807) is 11.3 Å². The monoisotopic (exact) mass is 307 g/mol. The first-order valence-electron chi connectivity index (χ1n) is 7.40. The molecule has 3 heterocycles. The number of thiazole rings is 1. The number of piperazine rings is 1. The maximum absolute atomic E-state index is 5.26. The second-order valence-electron chi connectivity index (χ2n) is 5.37. The Hall–Kier alpha value is -1.31. The minimum Gasteiger partial charge on any atom is -0.338 e. The zero-order valence-corrected chi connectivity index (χ0v) is 13.4. The Kier molecular flexibility index (Phi) is 4.62. The Morgan fingerprint density at radius 2 is 1.86 bits per heavy atom. The van der Waals surface area contributed by atoms with E-state index in [2.05, 4.69) is 37.2 Å². The smallest absolute Gasteiger partial charge is 0.240 e. The van der Waals surface area contributed by atoms with E-state index in [1.165, 1.54) is 5.69 Å². The summed E-state index contributed by atoms with van der Waals surface area (Å²) in [5.41, 5.74) is 1.19. The lowest BCUT2D eigenvalue weighted by Gasteiger charge is -2.33. The molecule has 114 valence electrons. The van der Waals surface area contributed by atoms with Crippen molar-refractivity contribution in [1.82, 2.24) is 24.9 Å². The fourth-order valence-electron chi connectivity index (χ4n) is 2.50. The average Bonchev–Trinajstić information content (AvgIpc) is 3.10. The van der Waals surface area contributed by atoms with E-state index in [9.17, 15) is 0 Å². The third-order valence-electron chi connectivity index (χ3n) is 3.70. The summed E-state index contributed by atoms with van der Waals surface area (Å²) in [6.07, 6.45) is 0.824. The van der Waals surface area contributed by atoms with Crippen LogP contribution in [0.4, 0.5) is 0 Å². The van der Waals surface area contributed by atoms with Gasteiger partial charge in [0.1, 0.15) is 0 Å². The molecule has 0 atom stereocenters. The first-order chi connectivity index (χ1) is 10.2. The molecule has 0 radical (unpaired) electrons. The SMILES string of the molecule is CCc1noc(CN2CCN(Cc3csc(C)n3)CC2)n1. The maximum Gasteiger partial charge on any atom is 0.240 e. The fourth-order valence-corrected chi connectivity index (χ4v) is 3.11. The first kappa shape index (κ1) is 14.6. The molecule has 1 fully saturated rings. The van der Waals surface area contributed by atoms with Crippen LogP contribution in [0.1, 0.15) is 29.3 Å². The number of aromatic nitrogens is 3. The Morgan fingerprint density at radius 3 is 2.43 bits per heavy atom. The van der Waals surface area contributed by atoms with Gasteiger partial charge < -0.3 is 4.52 Å². The second kappa shape index (κ2) is 6.64. The zero-order chi connectivity index (χ0) is 14.7. The summed E-state index contributed by atoms with van der Waals surface area (Å²) in [6.45, 7) is 10.0. The minimum atomic E-state index is 0.732. The summed E-state index contributed by atoms with van der Waals surface area (Å²) in [6, 6.07) is 0. The van der Waals surface area contributed by atoms with Crippen molar-refractivity contribution in [2.75, 3.05) is 26.2 Å². The van der Waals surface area contributed by atoms with Crippen molar-refractivity contribution in [1.29, 1.82) is 0 Å². The first-order valence-corrected chi connectivity index (χ1v) is 8.28. The van der Waals surface area contributed by atoms with Crippen molar-refractivity contribution >= 4 is 11.3 Å². The van der Waals surface area contributed by atoms with Crippen molar-refractivity contribution in [3.63, 3.8) is 0 Å². The molecule has 0 aliphatic carbocycles. The number of nitrogens with zero attached hydrogens (tertiary/aromatic N) is 5. The van der Waals surface area contributed by atoms with Gasteiger partial charge in [-0.1, -0.05) is 12.1 Å². The van der Waals surface area contributed by atoms with E-state index >= 15 is 0 Å². The van der Waals surface area contributed by atoms with Crippen LogP contribution in [-0.4, -0.2) is 51.1 Å². The van der Waals surface area contributed by atoms with Crippen LogP contribution >= 0.6 is 11.3 Å². The van der Waals surface area contributed by atoms with Gasteiger partial charge in [0, 0.05) is 44.5 Å². The molecule has 2 aromatic rings. The Bertz CT molecular complexity index is 573. The van der Waals surface area contributed by atoms with Crippen LogP contribution in [0, 0.1) is 6.92 Å². The number of rotatable bonds is 5. The molecule has 6 nitrogen and oxygen atoms in total. The Balaban J connectivity index is 1.46. The molecule has 0 bridgehead atoms. The summed E-state index contributed by atoms with van der Waals surface area (Å²) in [7, 11) is 0. The number of hydrogen-bond donors (Lipinski definition) is 0. The van der Waals surface area contributed by atoms with Gasteiger partial charge in [0.2, 0.25) is 5.89 Å². The summed E-state index contributed by atoms with van der Waals surface area (Å²) in [4.78, 5) is 13.7. The van der Waals surface area contributed by atoms with Crippen molar-refractivity contribution < 1.29 is 4.52 Å². The molecule has 1 aliphatic heterocycles. The highest BCUT2D eigenvalue weighted by Crippen LogP contribution is 2.13. The predicted octanol–water partition coefficient (Wildman–Crippen LogP) is 1.71. The lowest BCUT2D eigenvalue weighted by molar-refractivity contribution is 0.111. The summed E-state index contributed by atoms with van der Waals surface area (Å²) >= 11 is 1.72. The largest absolute Gasteiger partial charge is 0.338 e. The van der Waals surface area contributed by atoms with Gasteiger partial charge in [-0.05, 0) is 6.92 Å². The highest BCUT2D eigenvalue weighted by atomic mass is 32.1. The molecule has 0 unspecified atom stereocenters. The topological polar surface area (TPSA) is 58.3 Å². The van der Waals surface area contributed by atoms with Crippen LogP contribution in [-0.2, 0) is 19.5 Å². The lowest BCUT2D eigenvalue weighted by atomic mass is 10.3. The van der Waals surface area contributed by atoms with Crippen LogP contribution < -0.4 is 0 Å². The third kappa shape index (κ3) is 3.87. The van der Waals surface area contributed by atoms with Gasteiger partial charge in [0.25, 0.3) is 0 Å². The standard InChI is InChI=1S/C14H21N5OS/c1-3-13-16-14(20-17-13)9-19-6-4-18(5-7-19)8-12-10-21-11(2)15-12/h10H,3-9H2,1-2H3. The normalized spacial score (nSPS) is 17.4. The van der Waals surface area contributed by atoms with E-state index in [-0.39, 0.29) is 0 Å². The minimum absolute atomic E-state index is 0.732. The predicted molar refractivity (Wildman–Crippen MR) is 81.1 cm³/mol. The number of hydrogen-bond acceptors (Lipinski definition) is 7. The van der Waals surface area contributed by atoms with E-state index in [4.69, 9.17) is 4.52 Å². The van der Waals surface area contributed by atoms with E-state index in [0.717, 1.165) is 62.4 Å². The molecular formula is C14H21N5OS. The summed E-state index contributed by atoms with van der Waals surface area (Å²) < 4.78 is 5.26. The highest BCUT2D eigenvalue weighted by molar-refractivity contribution is 7.09. The molecule has 0 saturated carbocycles. The maximum atomic E-state index is 5.26. The van der Waals surface area contributed by atoms with Crippen LogP contribution in [0.25, 0.3) is 0 Å². The van der Waals surface area contributed by atoms with E-state index < -0.39 is 0 Å². The van der Waals surface area contributed by atoms with Crippen LogP contribution in [0.2, 0.25) is 0 Å². The summed E-state index contributed by atoms with van der Waals surface area (Å²) in [5.74, 6) is 1.53. The van der Waals surface area contributed by atoms with Gasteiger partial charge >= 0.3 is 0 Å². The van der Waals surface area contributed by atoms with Gasteiger partial charge in [-0.25, -0.2) is 4.98 Å². The molecule has 0 amide bonds. The van der Waals surface area contributed by atoms with Gasteiger partial charge in [-0.2, -0.15) is 4.98 Å². The van der Waals surface area contributed by atoms with Crippen LogP contribution in [0.5, 0.6) is 0 Å². The highest BCUT2D eigenvalue weighted by Gasteiger charge is 2.19.